The normalized spacial score (nSPS) is 16.8. The lowest BCUT2D eigenvalue weighted by molar-refractivity contribution is -0.145. The smallest absolute Gasteiger partial charge is 0.151 e. The molecule has 7 heteroatoms. The van der Waals surface area contributed by atoms with Crippen molar-refractivity contribution in [2.45, 2.75) is 45.2 Å². The average molecular weight is 282 g/mol. The zero-order valence-corrected chi connectivity index (χ0v) is 11.7. The molecule has 0 unspecified atom stereocenters. The molecule has 0 fully saturated rings. The van der Waals surface area contributed by atoms with Crippen LogP contribution in [0.15, 0.2) is 0 Å². The Morgan fingerprint density at radius 3 is 1.79 bits per heavy atom. The van der Waals surface area contributed by atoms with Crippen molar-refractivity contribution in [2.24, 2.45) is 0 Å². The predicted octanol–water partition coefficient (Wildman–Crippen LogP) is -1.29. The standard InChI is InChI=1S/C8H16O6.C4H10O/c1-2-14-6(4-10)8(13)7(12)5(11)3-9;1-3-5-4-2/h4-9,11-13H,2-3H2,1H3;3-4H2,1-2H3/t5-,6+,7-,8-;/m1./s1. The number of aldehydes is 1. The molecule has 0 bridgehead atoms. The van der Waals surface area contributed by atoms with E-state index >= 15 is 0 Å². The molecule has 4 atom stereocenters. The van der Waals surface area contributed by atoms with E-state index in [1.54, 1.807) is 6.92 Å². The maximum Gasteiger partial charge on any atom is 0.151 e. The molecule has 7 nitrogen and oxygen atoms in total. The topological polar surface area (TPSA) is 116 Å². The molecule has 0 saturated heterocycles. The highest BCUT2D eigenvalue weighted by molar-refractivity contribution is 5.57. The van der Waals surface area contributed by atoms with Crippen molar-refractivity contribution in [3.63, 3.8) is 0 Å². The Morgan fingerprint density at radius 2 is 1.53 bits per heavy atom. The van der Waals surface area contributed by atoms with Gasteiger partial charge in [-0.25, -0.2) is 0 Å². The quantitative estimate of drug-likeness (QED) is 0.389. The maximum absolute atomic E-state index is 10.4. The van der Waals surface area contributed by atoms with E-state index in [-0.39, 0.29) is 6.61 Å². The summed E-state index contributed by atoms with van der Waals surface area (Å²) in [6.07, 6.45) is -5.51. The first-order valence-corrected chi connectivity index (χ1v) is 6.29. The van der Waals surface area contributed by atoms with Gasteiger partial charge in [0, 0.05) is 19.8 Å². The summed E-state index contributed by atoms with van der Waals surface area (Å²) in [6.45, 7) is 6.79. The van der Waals surface area contributed by atoms with E-state index in [1.165, 1.54) is 0 Å². The Morgan fingerprint density at radius 1 is 1.00 bits per heavy atom. The highest BCUT2D eigenvalue weighted by atomic mass is 16.5. The summed E-state index contributed by atoms with van der Waals surface area (Å²) in [5, 5.41) is 36.0. The Balaban J connectivity index is 0. The Labute approximate surface area is 113 Å². The highest BCUT2D eigenvalue weighted by Crippen LogP contribution is 2.06. The van der Waals surface area contributed by atoms with Crippen molar-refractivity contribution in [2.75, 3.05) is 26.4 Å². The molecule has 0 spiro atoms. The molecule has 0 aromatic carbocycles. The number of carbonyl (C=O) groups excluding carboxylic acids is 1. The first-order chi connectivity index (χ1) is 8.99. The van der Waals surface area contributed by atoms with Crippen LogP contribution in [0.2, 0.25) is 0 Å². The number of aliphatic hydroxyl groups excluding tert-OH is 4. The maximum atomic E-state index is 10.4. The van der Waals surface area contributed by atoms with Gasteiger partial charge < -0.3 is 34.7 Å². The van der Waals surface area contributed by atoms with Crippen LogP contribution in [0.4, 0.5) is 0 Å². The first-order valence-electron chi connectivity index (χ1n) is 6.29. The molecule has 4 N–H and O–H groups in total. The van der Waals surface area contributed by atoms with Crippen LogP contribution < -0.4 is 0 Å². The summed E-state index contributed by atoms with van der Waals surface area (Å²) in [4.78, 5) is 10.4. The number of aliphatic hydroxyl groups is 4. The van der Waals surface area contributed by atoms with Crippen LogP contribution in [0.5, 0.6) is 0 Å². The number of hydrogen-bond acceptors (Lipinski definition) is 7. The van der Waals surface area contributed by atoms with Gasteiger partial charge in [0.05, 0.1) is 6.61 Å². The third kappa shape index (κ3) is 9.94. The molecule has 19 heavy (non-hydrogen) atoms. The van der Waals surface area contributed by atoms with Crippen molar-refractivity contribution >= 4 is 6.29 Å². The van der Waals surface area contributed by atoms with Crippen LogP contribution in [0.25, 0.3) is 0 Å². The van der Waals surface area contributed by atoms with Crippen LogP contribution in [-0.4, -0.2) is 77.6 Å². The van der Waals surface area contributed by atoms with E-state index in [9.17, 15) is 15.0 Å². The average Bonchev–Trinajstić information content (AvgIpc) is 2.43. The fourth-order valence-electron chi connectivity index (χ4n) is 1.14. The van der Waals surface area contributed by atoms with Gasteiger partial charge >= 0.3 is 0 Å². The zero-order valence-electron chi connectivity index (χ0n) is 11.7. The van der Waals surface area contributed by atoms with Crippen LogP contribution >= 0.6 is 0 Å². The van der Waals surface area contributed by atoms with E-state index < -0.39 is 31.0 Å². The van der Waals surface area contributed by atoms with E-state index in [2.05, 4.69) is 0 Å². The Bertz CT molecular complexity index is 199. The minimum absolute atomic E-state index is 0.197. The molecule has 116 valence electrons. The van der Waals surface area contributed by atoms with Gasteiger partial charge in [-0.3, -0.25) is 0 Å². The minimum atomic E-state index is -1.61. The number of rotatable bonds is 9. The van der Waals surface area contributed by atoms with Crippen molar-refractivity contribution < 1.29 is 34.7 Å². The summed E-state index contributed by atoms with van der Waals surface area (Å²) in [6, 6.07) is 0. The summed E-state index contributed by atoms with van der Waals surface area (Å²) >= 11 is 0. The molecule has 0 radical (unpaired) electrons. The molecule has 0 amide bonds. The molecular formula is C12H26O7. The van der Waals surface area contributed by atoms with Crippen molar-refractivity contribution in [3.8, 4) is 0 Å². The largest absolute Gasteiger partial charge is 0.394 e. The molecule has 0 aliphatic rings. The van der Waals surface area contributed by atoms with Crippen molar-refractivity contribution in [1.29, 1.82) is 0 Å². The number of carbonyl (C=O) groups is 1. The predicted molar refractivity (Wildman–Crippen MR) is 68.8 cm³/mol. The molecule has 0 rings (SSSR count). The van der Waals surface area contributed by atoms with Gasteiger partial charge in [0.1, 0.15) is 24.4 Å². The monoisotopic (exact) mass is 282 g/mol. The minimum Gasteiger partial charge on any atom is -0.394 e. The van der Waals surface area contributed by atoms with Crippen molar-refractivity contribution in [3.05, 3.63) is 0 Å². The van der Waals surface area contributed by atoms with Crippen molar-refractivity contribution in [1.82, 2.24) is 0 Å². The van der Waals surface area contributed by atoms with E-state index in [0.717, 1.165) is 13.2 Å². The summed E-state index contributed by atoms with van der Waals surface area (Å²) in [5.41, 5.74) is 0. The summed E-state index contributed by atoms with van der Waals surface area (Å²) < 4.78 is 9.63. The van der Waals surface area contributed by atoms with Gasteiger partial charge in [-0.15, -0.1) is 0 Å². The third-order valence-electron chi connectivity index (χ3n) is 2.17. The fraction of sp³-hybridized carbons (Fsp3) is 0.917. The summed E-state index contributed by atoms with van der Waals surface area (Å²) in [7, 11) is 0. The molecule has 0 aromatic heterocycles. The number of ether oxygens (including phenoxy) is 2. The zero-order chi connectivity index (χ0) is 15.3. The van der Waals surface area contributed by atoms with Crippen LogP contribution in [-0.2, 0) is 14.3 Å². The second kappa shape index (κ2) is 13.9. The molecule has 0 heterocycles. The fourth-order valence-corrected chi connectivity index (χ4v) is 1.14. The SMILES string of the molecule is CCOCC.CCO[C@@H](C=O)[C@@H](O)[C@H](O)[C@H](O)CO. The van der Waals surface area contributed by atoms with E-state index in [1.807, 2.05) is 13.8 Å². The highest BCUT2D eigenvalue weighted by Gasteiger charge is 2.31. The molecular weight excluding hydrogens is 256 g/mol. The van der Waals surface area contributed by atoms with Gasteiger partial charge in [0.15, 0.2) is 6.29 Å². The Kier molecular flexibility index (Phi) is 15.1. The van der Waals surface area contributed by atoms with E-state index in [4.69, 9.17) is 19.7 Å². The number of hydrogen-bond donors (Lipinski definition) is 4. The van der Waals surface area contributed by atoms with Crippen LogP contribution in [0.3, 0.4) is 0 Å². The second-order valence-corrected chi connectivity index (χ2v) is 3.57. The van der Waals surface area contributed by atoms with E-state index in [0.29, 0.717) is 6.29 Å². The van der Waals surface area contributed by atoms with Gasteiger partial charge in [-0.05, 0) is 20.8 Å². The lowest BCUT2D eigenvalue weighted by atomic mass is 10.0. The third-order valence-corrected chi connectivity index (χ3v) is 2.17. The molecule has 0 aromatic rings. The molecule has 0 saturated carbocycles. The molecule has 0 aliphatic heterocycles. The van der Waals surface area contributed by atoms with Crippen LogP contribution in [0, 0.1) is 0 Å². The molecule has 0 aliphatic carbocycles. The lowest BCUT2D eigenvalue weighted by Gasteiger charge is -2.25. The van der Waals surface area contributed by atoms with Crippen LogP contribution in [0.1, 0.15) is 20.8 Å². The second-order valence-electron chi connectivity index (χ2n) is 3.57. The van der Waals surface area contributed by atoms with Gasteiger partial charge in [0.25, 0.3) is 0 Å². The summed E-state index contributed by atoms with van der Waals surface area (Å²) in [5.74, 6) is 0. The first kappa shape index (κ1) is 20.7. The van der Waals surface area contributed by atoms with Gasteiger partial charge in [0.2, 0.25) is 0 Å². The lowest BCUT2D eigenvalue weighted by Crippen LogP contribution is -2.47. The van der Waals surface area contributed by atoms with Gasteiger partial charge in [-0.2, -0.15) is 0 Å². The Hall–Kier alpha value is -0.570. The van der Waals surface area contributed by atoms with Gasteiger partial charge in [-0.1, -0.05) is 0 Å².